The van der Waals surface area contributed by atoms with Gasteiger partial charge in [0.05, 0.1) is 4.90 Å². The van der Waals surface area contributed by atoms with E-state index < -0.39 is 10.0 Å². The van der Waals surface area contributed by atoms with Crippen molar-refractivity contribution in [2.75, 3.05) is 27.2 Å². The first-order valence-corrected chi connectivity index (χ1v) is 7.39. The maximum atomic E-state index is 11.8. The number of nitrogens with zero attached hydrogens (tertiary/aromatic N) is 1. The van der Waals surface area contributed by atoms with Crippen molar-refractivity contribution in [2.24, 2.45) is 0 Å². The minimum absolute atomic E-state index is 0.116. The van der Waals surface area contributed by atoms with E-state index in [9.17, 15) is 13.2 Å². The zero-order valence-corrected chi connectivity index (χ0v) is 12.3. The van der Waals surface area contributed by atoms with E-state index in [0.717, 1.165) is 0 Å². The number of hydrogen-bond acceptors (Lipinski definition) is 3. The molecule has 1 aromatic carbocycles. The SMILES string of the molecule is CN(C)C(=O)NCCNS(=O)(=O)c1ccc(Cl)cc1. The lowest BCUT2D eigenvalue weighted by molar-refractivity contribution is 0.217. The fourth-order valence-electron chi connectivity index (χ4n) is 1.21. The van der Waals surface area contributed by atoms with Crippen molar-refractivity contribution >= 4 is 27.7 Å². The quantitative estimate of drug-likeness (QED) is 0.793. The van der Waals surface area contributed by atoms with Crippen LogP contribution in [-0.2, 0) is 10.0 Å². The van der Waals surface area contributed by atoms with Gasteiger partial charge in [0.1, 0.15) is 0 Å². The average Bonchev–Trinajstić information content (AvgIpc) is 2.34. The molecule has 19 heavy (non-hydrogen) atoms. The predicted molar refractivity (Wildman–Crippen MR) is 73.7 cm³/mol. The average molecular weight is 306 g/mol. The molecule has 0 unspecified atom stereocenters. The molecule has 0 bridgehead atoms. The summed E-state index contributed by atoms with van der Waals surface area (Å²) in [6.07, 6.45) is 0. The number of benzene rings is 1. The first-order valence-electron chi connectivity index (χ1n) is 5.53. The number of sulfonamides is 1. The number of rotatable bonds is 5. The van der Waals surface area contributed by atoms with E-state index in [4.69, 9.17) is 11.6 Å². The molecule has 0 fully saturated rings. The van der Waals surface area contributed by atoms with Crippen LogP contribution in [-0.4, -0.2) is 46.5 Å². The van der Waals surface area contributed by atoms with Gasteiger partial charge in [0.25, 0.3) is 0 Å². The smallest absolute Gasteiger partial charge is 0.316 e. The molecule has 0 aliphatic heterocycles. The van der Waals surface area contributed by atoms with Crippen LogP contribution in [0.4, 0.5) is 4.79 Å². The van der Waals surface area contributed by atoms with E-state index in [-0.39, 0.29) is 24.0 Å². The molecule has 0 atom stereocenters. The Bertz CT molecular complexity index is 529. The molecule has 8 heteroatoms. The summed E-state index contributed by atoms with van der Waals surface area (Å²) >= 11 is 5.69. The highest BCUT2D eigenvalue weighted by Crippen LogP contribution is 2.13. The zero-order chi connectivity index (χ0) is 14.5. The summed E-state index contributed by atoms with van der Waals surface area (Å²) in [5.74, 6) is 0. The van der Waals surface area contributed by atoms with Gasteiger partial charge in [-0.15, -0.1) is 0 Å². The number of urea groups is 1. The van der Waals surface area contributed by atoms with Gasteiger partial charge in [-0.1, -0.05) is 11.6 Å². The zero-order valence-electron chi connectivity index (χ0n) is 10.7. The highest BCUT2D eigenvalue weighted by atomic mass is 35.5. The largest absolute Gasteiger partial charge is 0.337 e. The van der Waals surface area contributed by atoms with Crippen LogP contribution >= 0.6 is 11.6 Å². The molecular weight excluding hydrogens is 290 g/mol. The predicted octanol–water partition coefficient (Wildman–Crippen LogP) is 0.890. The monoisotopic (exact) mass is 305 g/mol. The first-order chi connectivity index (χ1) is 8.83. The fraction of sp³-hybridized carbons (Fsp3) is 0.364. The Morgan fingerprint density at radius 2 is 1.79 bits per heavy atom. The van der Waals surface area contributed by atoms with Gasteiger partial charge in [-0.25, -0.2) is 17.9 Å². The molecule has 2 N–H and O–H groups in total. The maximum absolute atomic E-state index is 11.8. The highest BCUT2D eigenvalue weighted by Gasteiger charge is 2.13. The van der Waals surface area contributed by atoms with Gasteiger partial charge in [0.15, 0.2) is 0 Å². The Kier molecular flexibility index (Phi) is 5.59. The summed E-state index contributed by atoms with van der Waals surface area (Å²) in [6, 6.07) is 5.57. The molecule has 1 rings (SSSR count). The molecular formula is C11H16ClN3O3S. The van der Waals surface area contributed by atoms with E-state index in [0.29, 0.717) is 5.02 Å². The molecule has 0 saturated heterocycles. The second kappa shape index (κ2) is 6.74. The van der Waals surface area contributed by atoms with Gasteiger partial charge in [-0.3, -0.25) is 0 Å². The Morgan fingerprint density at radius 1 is 1.21 bits per heavy atom. The summed E-state index contributed by atoms with van der Waals surface area (Å²) in [5.41, 5.74) is 0. The molecule has 0 radical (unpaired) electrons. The third-order valence-corrected chi connectivity index (χ3v) is 3.95. The molecule has 0 aromatic heterocycles. The molecule has 0 aliphatic rings. The molecule has 0 aliphatic carbocycles. The Morgan fingerprint density at radius 3 is 2.32 bits per heavy atom. The molecule has 6 nitrogen and oxygen atoms in total. The number of nitrogens with one attached hydrogen (secondary N) is 2. The molecule has 0 spiro atoms. The van der Waals surface area contributed by atoms with Crippen molar-refractivity contribution in [3.8, 4) is 0 Å². The van der Waals surface area contributed by atoms with Crippen molar-refractivity contribution in [1.29, 1.82) is 0 Å². The van der Waals surface area contributed by atoms with E-state index >= 15 is 0 Å². The molecule has 0 saturated carbocycles. The number of hydrogen-bond donors (Lipinski definition) is 2. The van der Waals surface area contributed by atoms with Crippen LogP contribution in [0.5, 0.6) is 0 Å². The van der Waals surface area contributed by atoms with Gasteiger partial charge in [-0.2, -0.15) is 0 Å². The van der Waals surface area contributed by atoms with Crippen LogP contribution in [0.1, 0.15) is 0 Å². The summed E-state index contributed by atoms with van der Waals surface area (Å²) in [6.45, 7) is 0.328. The maximum Gasteiger partial charge on any atom is 0.316 e. The second-order valence-corrected chi connectivity index (χ2v) is 6.18. The van der Waals surface area contributed by atoms with E-state index in [2.05, 4.69) is 10.0 Å². The standard InChI is InChI=1S/C11H16ClN3O3S/c1-15(2)11(16)13-7-8-14-19(17,18)10-5-3-9(12)4-6-10/h3-6,14H,7-8H2,1-2H3,(H,13,16). The Hall–Kier alpha value is -1.31. The van der Waals surface area contributed by atoms with Gasteiger partial charge >= 0.3 is 6.03 Å². The van der Waals surface area contributed by atoms with E-state index in [1.54, 1.807) is 14.1 Å². The van der Waals surface area contributed by atoms with Crippen LogP contribution < -0.4 is 10.0 Å². The van der Waals surface area contributed by atoms with Crippen molar-refractivity contribution in [3.05, 3.63) is 29.3 Å². The molecule has 106 valence electrons. The topological polar surface area (TPSA) is 78.5 Å². The third kappa shape index (κ3) is 5.06. The normalized spacial score (nSPS) is 11.1. The van der Waals surface area contributed by atoms with E-state index in [1.807, 2.05) is 0 Å². The lowest BCUT2D eigenvalue weighted by Crippen LogP contribution is -2.39. The number of halogens is 1. The fourth-order valence-corrected chi connectivity index (χ4v) is 2.37. The van der Waals surface area contributed by atoms with Crippen LogP contribution in [0, 0.1) is 0 Å². The van der Waals surface area contributed by atoms with Crippen molar-refractivity contribution in [1.82, 2.24) is 14.9 Å². The molecule has 2 amide bonds. The van der Waals surface area contributed by atoms with Gasteiger partial charge in [0, 0.05) is 32.2 Å². The summed E-state index contributed by atoms with van der Waals surface area (Å²) in [7, 11) is -0.360. The summed E-state index contributed by atoms with van der Waals surface area (Å²) < 4.78 is 26.1. The first kappa shape index (κ1) is 15.7. The Balaban J connectivity index is 2.48. The van der Waals surface area contributed by atoms with Crippen molar-refractivity contribution < 1.29 is 13.2 Å². The van der Waals surface area contributed by atoms with Crippen molar-refractivity contribution in [2.45, 2.75) is 4.90 Å². The minimum Gasteiger partial charge on any atom is -0.337 e. The summed E-state index contributed by atoms with van der Waals surface area (Å²) in [4.78, 5) is 12.7. The van der Waals surface area contributed by atoms with Crippen LogP contribution in [0.2, 0.25) is 5.02 Å². The van der Waals surface area contributed by atoms with Gasteiger partial charge in [0.2, 0.25) is 10.0 Å². The lowest BCUT2D eigenvalue weighted by Gasteiger charge is -2.12. The number of carbonyl (C=O) groups excluding carboxylic acids is 1. The van der Waals surface area contributed by atoms with Gasteiger partial charge in [-0.05, 0) is 24.3 Å². The molecule has 1 aromatic rings. The van der Waals surface area contributed by atoms with Crippen LogP contribution in [0.3, 0.4) is 0 Å². The highest BCUT2D eigenvalue weighted by molar-refractivity contribution is 7.89. The minimum atomic E-state index is -3.57. The van der Waals surface area contributed by atoms with E-state index in [1.165, 1.54) is 29.2 Å². The molecule has 0 heterocycles. The second-order valence-electron chi connectivity index (χ2n) is 3.98. The summed E-state index contributed by atoms with van der Waals surface area (Å²) in [5, 5.41) is 3.02. The lowest BCUT2D eigenvalue weighted by atomic mass is 10.4. The van der Waals surface area contributed by atoms with Gasteiger partial charge < -0.3 is 10.2 Å². The number of carbonyl (C=O) groups is 1. The third-order valence-electron chi connectivity index (χ3n) is 2.22. The van der Waals surface area contributed by atoms with Crippen LogP contribution in [0.25, 0.3) is 0 Å². The number of amides is 2. The Labute approximate surface area is 117 Å². The van der Waals surface area contributed by atoms with Crippen molar-refractivity contribution in [3.63, 3.8) is 0 Å². The van der Waals surface area contributed by atoms with Crippen LogP contribution in [0.15, 0.2) is 29.2 Å².